The van der Waals surface area contributed by atoms with Crippen LogP contribution in [0.4, 0.5) is 0 Å². The maximum atomic E-state index is 6.15. The molecule has 0 fully saturated rings. The van der Waals surface area contributed by atoms with Gasteiger partial charge in [-0.2, -0.15) is 0 Å². The van der Waals surface area contributed by atoms with Crippen molar-refractivity contribution >= 4 is 11.6 Å². The van der Waals surface area contributed by atoms with E-state index < -0.39 is 0 Å². The molecule has 18 heavy (non-hydrogen) atoms. The summed E-state index contributed by atoms with van der Waals surface area (Å²) in [6, 6.07) is 5.77. The molecule has 2 N–H and O–H groups in total. The summed E-state index contributed by atoms with van der Waals surface area (Å²) in [7, 11) is 0. The Kier molecular flexibility index (Phi) is 3.68. The number of nitrogens with zero attached hydrogens (tertiary/aromatic N) is 3. The third kappa shape index (κ3) is 2.26. The molecule has 0 amide bonds. The van der Waals surface area contributed by atoms with E-state index in [0.717, 1.165) is 22.1 Å². The lowest BCUT2D eigenvalue weighted by molar-refractivity contribution is 0.710. The van der Waals surface area contributed by atoms with Gasteiger partial charge >= 0.3 is 0 Å². The topological polar surface area (TPSA) is 56.7 Å². The molecule has 0 aliphatic heterocycles. The Morgan fingerprint density at radius 2 is 2.11 bits per heavy atom. The fraction of sp³-hybridized carbons (Fsp3) is 0.385. The van der Waals surface area contributed by atoms with Gasteiger partial charge in [-0.15, -0.1) is 5.10 Å². The minimum Gasteiger partial charge on any atom is -0.324 e. The van der Waals surface area contributed by atoms with Crippen molar-refractivity contribution in [1.82, 2.24) is 14.8 Å². The Balaban J connectivity index is 2.62. The minimum atomic E-state index is 0.274. The summed E-state index contributed by atoms with van der Waals surface area (Å²) < 4.78 is 1.84. The second kappa shape index (κ2) is 5.08. The summed E-state index contributed by atoms with van der Waals surface area (Å²) in [5.74, 6) is 1.83. The van der Waals surface area contributed by atoms with E-state index in [1.165, 1.54) is 0 Å². The average Bonchev–Trinajstić information content (AvgIpc) is 2.77. The van der Waals surface area contributed by atoms with Crippen LogP contribution in [0.15, 0.2) is 18.2 Å². The number of hydrogen-bond acceptors (Lipinski definition) is 3. The summed E-state index contributed by atoms with van der Waals surface area (Å²) >= 11 is 6.15. The molecule has 2 aromatic rings. The highest BCUT2D eigenvalue weighted by Crippen LogP contribution is 2.24. The first-order chi connectivity index (χ1) is 8.54. The molecule has 0 spiro atoms. The van der Waals surface area contributed by atoms with E-state index in [2.05, 4.69) is 23.9 Å². The lowest BCUT2D eigenvalue weighted by atomic mass is 10.1. The zero-order chi connectivity index (χ0) is 13.3. The first kappa shape index (κ1) is 13.1. The molecule has 0 radical (unpaired) electrons. The number of rotatable bonds is 3. The fourth-order valence-electron chi connectivity index (χ4n) is 1.83. The van der Waals surface area contributed by atoms with E-state index in [4.69, 9.17) is 17.3 Å². The summed E-state index contributed by atoms with van der Waals surface area (Å²) in [6.07, 6.45) is 0. The van der Waals surface area contributed by atoms with Gasteiger partial charge in [-0.25, -0.2) is 9.67 Å². The Labute approximate surface area is 112 Å². The first-order valence-corrected chi connectivity index (χ1v) is 6.33. The fourth-order valence-corrected chi connectivity index (χ4v) is 2.00. The van der Waals surface area contributed by atoms with E-state index in [9.17, 15) is 0 Å². The molecular weight excluding hydrogens is 248 g/mol. The number of benzene rings is 1. The van der Waals surface area contributed by atoms with Crippen LogP contribution in [0.1, 0.15) is 37.0 Å². The first-order valence-electron chi connectivity index (χ1n) is 5.96. The number of aromatic nitrogens is 3. The van der Waals surface area contributed by atoms with E-state index >= 15 is 0 Å². The van der Waals surface area contributed by atoms with Crippen molar-refractivity contribution in [1.29, 1.82) is 0 Å². The molecule has 0 aliphatic carbocycles. The highest BCUT2D eigenvalue weighted by Gasteiger charge is 2.15. The molecule has 96 valence electrons. The van der Waals surface area contributed by atoms with E-state index in [1.807, 2.05) is 29.8 Å². The normalized spacial score (nSPS) is 11.2. The molecular formula is C13H17ClN4. The predicted octanol–water partition coefficient (Wildman–Crippen LogP) is 2.81. The van der Waals surface area contributed by atoms with E-state index in [-0.39, 0.29) is 5.92 Å². The van der Waals surface area contributed by atoms with Crippen LogP contribution in [-0.2, 0) is 6.54 Å². The zero-order valence-corrected chi connectivity index (χ0v) is 11.6. The smallest absolute Gasteiger partial charge is 0.164 e. The van der Waals surface area contributed by atoms with Crippen molar-refractivity contribution in [2.24, 2.45) is 5.73 Å². The Morgan fingerprint density at radius 3 is 2.72 bits per heavy atom. The third-order valence-electron chi connectivity index (χ3n) is 2.84. The van der Waals surface area contributed by atoms with Gasteiger partial charge in [-0.1, -0.05) is 31.5 Å². The van der Waals surface area contributed by atoms with Crippen LogP contribution in [0.5, 0.6) is 0 Å². The maximum absolute atomic E-state index is 6.15. The highest BCUT2D eigenvalue weighted by molar-refractivity contribution is 6.31. The van der Waals surface area contributed by atoms with Crippen LogP contribution in [0, 0.1) is 6.92 Å². The van der Waals surface area contributed by atoms with Gasteiger partial charge in [0.25, 0.3) is 0 Å². The Hall–Kier alpha value is -1.39. The van der Waals surface area contributed by atoms with Crippen molar-refractivity contribution in [3.05, 3.63) is 40.4 Å². The second-order valence-corrected chi connectivity index (χ2v) is 4.95. The zero-order valence-electron chi connectivity index (χ0n) is 10.8. The van der Waals surface area contributed by atoms with Crippen LogP contribution in [0.2, 0.25) is 5.02 Å². The minimum absolute atomic E-state index is 0.274. The molecule has 1 aromatic heterocycles. The van der Waals surface area contributed by atoms with Crippen molar-refractivity contribution in [2.45, 2.75) is 33.2 Å². The summed E-state index contributed by atoms with van der Waals surface area (Å²) in [4.78, 5) is 4.46. The monoisotopic (exact) mass is 264 g/mol. The number of nitrogens with two attached hydrogens (primary N) is 1. The SMILES string of the molecule is Cc1c(Cl)cccc1-n1nc(CN)nc1C(C)C. The third-order valence-corrected chi connectivity index (χ3v) is 3.25. The van der Waals surface area contributed by atoms with Gasteiger partial charge in [0, 0.05) is 10.9 Å². The Morgan fingerprint density at radius 1 is 1.39 bits per heavy atom. The molecule has 0 atom stereocenters. The quantitative estimate of drug-likeness (QED) is 0.927. The standard InChI is InChI=1S/C13H17ClN4/c1-8(2)13-16-12(7-15)17-18(13)11-6-4-5-10(14)9(11)3/h4-6,8H,7,15H2,1-3H3. The molecule has 0 saturated carbocycles. The molecule has 1 aromatic carbocycles. The molecule has 0 bridgehead atoms. The molecule has 0 saturated heterocycles. The number of halogens is 1. The van der Waals surface area contributed by atoms with Crippen LogP contribution in [-0.4, -0.2) is 14.8 Å². The van der Waals surface area contributed by atoms with Crippen molar-refractivity contribution in [3.8, 4) is 5.69 Å². The van der Waals surface area contributed by atoms with Crippen LogP contribution < -0.4 is 5.73 Å². The second-order valence-electron chi connectivity index (χ2n) is 4.54. The van der Waals surface area contributed by atoms with Crippen LogP contribution >= 0.6 is 11.6 Å². The van der Waals surface area contributed by atoms with Gasteiger partial charge in [0.05, 0.1) is 12.2 Å². The molecule has 4 nitrogen and oxygen atoms in total. The summed E-state index contributed by atoms with van der Waals surface area (Å²) in [6.45, 7) is 6.49. The molecule has 0 unspecified atom stereocenters. The summed E-state index contributed by atoms with van der Waals surface area (Å²) in [5.41, 5.74) is 7.57. The average molecular weight is 265 g/mol. The van der Waals surface area contributed by atoms with Gasteiger partial charge < -0.3 is 5.73 Å². The predicted molar refractivity (Wildman–Crippen MR) is 73.1 cm³/mol. The molecule has 5 heteroatoms. The number of hydrogen-bond donors (Lipinski definition) is 1. The van der Waals surface area contributed by atoms with Crippen molar-refractivity contribution in [3.63, 3.8) is 0 Å². The lowest BCUT2D eigenvalue weighted by Gasteiger charge is -2.11. The summed E-state index contributed by atoms with van der Waals surface area (Å²) in [5, 5.41) is 5.17. The molecule has 0 aliphatic rings. The molecule has 1 heterocycles. The lowest BCUT2D eigenvalue weighted by Crippen LogP contribution is -2.06. The van der Waals surface area contributed by atoms with Gasteiger partial charge in [0.2, 0.25) is 0 Å². The van der Waals surface area contributed by atoms with Crippen LogP contribution in [0.3, 0.4) is 0 Å². The van der Waals surface area contributed by atoms with E-state index in [1.54, 1.807) is 0 Å². The highest BCUT2D eigenvalue weighted by atomic mass is 35.5. The molecule has 2 rings (SSSR count). The van der Waals surface area contributed by atoms with Crippen molar-refractivity contribution in [2.75, 3.05) is 0 Å². The maximum Gasteiger partial charge on any atom is 0.164 e. The Bertz CT molecular complexity index is 560. The van der Waals surface area contributed by atoms with E-state index in [0.29, 0.717) is 12.4 Å². The van der Waals surface area contributed by atoms with Crippen LogP contribution in [0.25, 0.3) is 5.69 Å². The van der Waals surface area contributed by atoms with Gasteiger partial charge in [0.15, 0.2) is 5.82 Å². The van der Waals surface area contributed by atoms with Crippen molar-refractivity contribution < 1.29 is 0 Å². The van der Waals surface area contributed by atoms with Gasteiger partial charge in [-0.3, -0.25) is 0 Å². The largest absolute Gasteiger partial charge is 0.324 e. The van der Waals surface area contributed by atoms with Gasteiger partial charge in [0.1, 0.15) is 5.82 Å². The van der Waals surface area contributed by atoms with Gasteiger partial charge in [-0.05, 0) is 24.6 Å².